The third-order valence-corrected chi connectivity index (χ3v) is 10.0. The molecule has 3 aromatic carbocycles. The summed E-state index contributed by atoms with van der Waals surface area (Å²) < 4.78 is 97.5. The summed E-state index contributed by atoms with van der Waals surface area (Å²) in [6, 6.07) is 21.7. The van der Waals surface area contributed by atoms with Gasteiger partial charge in [-0.05, 0) is 97.6 Å². The molecule has 49 heavy (non-hydrogen) atoms. The van der Waals surface area contributed by atoms with Crippen LogP contribution in [0.15, 0.2) is 66.7 Å². The van der Waals surface area contributed by atoms with Crippen LogP contribution in [0.4, 0.5) is 22.0 Å². The van der Waals surface area contributed by atoms with Gasteiger partial charge in [-0.3, -0.25) is 0 Å². The maximum absolute atomic E-state index is 13.0. The molecular weight excluding hydrogens is 667 g/mol. The maximum Gasteiger partial charge on any atom is 0.453 e. The summed E-state index contributed by atoms with van der Waals surface area (Å²) in [5.41, 5.74) is 2.68. The van der Waals surface area contributed by atoms with Gasteiger partial charge in [0.2, 0.25) is 6.29 Å². The van der Waals surface area contributed by atoms with Crippen molar-refractivity contribution >= 4 is 11.8 Å². The van der Waals surface area contributed by atoms with Gasteiger partial charge < -0.3 is 28.4 Å². The number of methoxy groups -OCH3 is 3. The molecule has 0 saturated carbocycles. The van der Waals surface area contributed by atoms with Crippen molar-refractivity contribution in [3.63, 3.8) is 0 Å². The lowest BCUT2D eigenvalue weighted by Gasteiger charge is -2.47. The molecule has 270 valence electrons. The van der Waals surface area contributed by atoms with Crippen molar-refractivity contribution in [3.8, 4) is 23.0 Å². The number of alkyl halides is 5. The number of ether oxygens (including phenoxy) is 6. The lowest BCUT2D eigenvalue weighted by atomic mass is 9.65. The molecule has 6 nitrogen and oxygen atoms in total. The first-order valence-electron chi connectivity index (χ1n) is 16.3. The highest BCUT2D eigenvalue weighted by Gasteiger charge is 2.56. The van der Waals surface area contributed by atoms with E-state index in [4.69, 9.17) is 28.4 Å². The summed E-state index contributed by atoms with van der Waals surface area (Å²) in [7, 11) is 4.85. The summed E-state index contributed by atoms with van der Waals surface area (Å²) in [5.74, 6) is -0.746. The van der Waals surface area contributed by atoms with Crippen molar-refractivity contribution in [3.05, 3.63) is 83.4 Å². The SMILES string of the molecule is COCOc1ccc(C2(C)C(OC)Oc3cc(OC)ccc3C2CCCOc2ccc(CCCSCCCC(F)(F)C(F)(F)F)cc2)cc1. The molecule has 12 heteroatoms. The first-order chi connectivity index (χ1) is 23.4. The Morgan fingerprint density at radius 2 is 1.45 bits per heavy atom. The molecule has 0 fully saturated rings. The molecule has 0 amide bonds. The zero-order valence-corrected chi connectivity index (χ0v) is 29.1. The fourth-order valence-electron chi connectivity index (χ4n) is 6.13. The Hall–Kier alpha value is -3.22. The highest BCUT2D eigenvalue weighted by Crippen LogP contribution is 2.52. The van der Waals surface area contributed by atoms with Crippen LogP contribution in [0.25, 0.3) is 0 Å². The topological polar surface area (TPSA) is 55.4 Å². The Morgan fingerprint density at radius 1 is 0.796 bits per heavy atom. The van der Waals surface area contributed by atoms with Gasteiger partial charge in [0, 0.05) is 32.6 Å². The van der Waals surface area contributed by atoms with Gasteiger partial charge in [-0.25, -0.2) is 0 Å². The number of fused-ring (bicyclic) bond motifs is 1. The molecule has 0 saturated heterocycles. The molecule has 0 N–H and O–H groups in total. The van der Waals surface area contributed by atoms with Crippen LogP contribution >= 0.6 is 11.8 Å². The van der Waals surface area contributed by atoms with Gasteiger partial charge in [0.15, 0.2) is 6.79 Å². The number of benzene rings is 3. The molecule has 1 aliphatic rings. The molecule has 1 heterocycles. The molecular formula is C37H45F5O6S. The highest BCUT2D eigenvalue weighted by atomic mass is 32.2. The van der Waals surface area contributed by atoms with E-state index in [-0.39, 0.29) is 24.9 Å². The number of hydrogen-bond donors (Lipinski definition) is 0. The number of rotatable bonds is 19. The molecule has 0 aliphatic carbocycles. The van der Waals surface area contributed by atoms with Crippen molar-refractivity contribution < 1.29 is 50.4 Å². The molecule has 0 radical (unpaired) electrons. The quantitative estimate of drug-likeness (QED) is 0.0697. The summed E-state index contributed by atoms with van der Waals surface area (Å²) in [6.45, 7) is 2.82. The van der Waals surface area contributed by atoms with Gasteiger partial charge in [-0.15, -0.1) is 0 Å². The number of thioether (sulfide) groups is 1. The van der Waals surface area contributed by atoms with E-state index in [9.17, 15) is 22.0 Å². The smallest absolute Gasteiger partial charge is 0.453 e. The second kappa shape index (κ2) is 17.6. The average Bonchev–Trinajstić information content (AvgIpc) is 3.09. The third kappa shape index (κ3) is 9.94. The van der Waals surface area contributed by atoms with Crippen LogP contribution < -0.4 is 18.9 Å². The van der Waals surface area contributed by atoms with Crippen LogP contribution in [0, 0.1) is 0 Å². The van der Waals surface area contributed by atoms with E-state index in [2.05, 4.69) is 13.0 Å². The lowest BCUT2D eigenvalue weighted by molar-refractivity contribution is -0.284. The van der Waals surface area contributed by atoms with Crippen LogP contribution in [-0.4, -0.2) is 64.6 Å². The van der Waals surface area contributed by atoms with Crippen molar-refractivity contribution in [2.75, 3.05) is 46.2 Å². The van der Waals surface area contributed by atoms with Gasteiger partial charge in [0.1, 0.15) is 23.0 Å². The standard InChI is InChI=1S/C37H45F5O6S/c1-35(27-12-16-29(17-13-27)47-25-43-2)32(31-19-18-30(44-3)24-33(31)48-34(35)45-4)9-5-21-46-28-14-10-26(11-15-28)8-6-22-49-23-7-20-36(38,39)37(40,41)42/h10-19,24,32,34H,5-9,20-23,25H2,1-4H3. The van der Waals surface area contributed by atoms with Crippen LogP contribution in [0.5, 0.6) is 23.0 Å². The zero-order valence-electron chi connectivity index (χ0n) is 28.3. The molecule has 3 atom stereocenters. The average molecular weight is 713 g/mol. The van der Waals surface area contributed by atoms with E-state index in [0.29, 0.717) is 23.9 Å². The number of hydrogen-bond acceptors (Lipinski definition) is 7. The summed E-state index contributed by atoms with van der Waals surface area (Å²) in [4.78, 5) is 0. The lowest BCUT2D eigenvalue weighted by Crippen LogP contribution is -2.49. The summed E-state index contributed by atoms with van der Waals surface area (Å²) in [5, 5.41) is 0. The first-order valence-corrected chi connectivity index (χ1v) is 17.4. The van der Waals surface area contributed by atoms with Gasteiger partial charge in [0.25, 0.3) is 0 Å². The van der Waals surface area contributed by atoms with E-state index in [1.54, 1.807) is 21.3 Å². The van der Waals surface area contributed by atoms with E-state index in [0.717, 1.165) is 53.9 Å². The maximum atomic E-state index is 13.0. The van der Waals surface area contributed by atoms with Gasteiger partial charge in [0.05, 0.1) is 19.1 Å². The Bertz CT molecular complexity index is 1440. The van der Waals surface area contributed by atoms with Crippen molar-refractivity contribution in [1.82, 2.24) is 0 Å². The van der Waals surface area contributed by atoms with Crippen molar-refractivity contribution in [1.29, 1.82) is 0 Å². The van der Waals surface area contributed by atoms with Crippen molar-refractivity contribution in [2.24, 2.45) is 0 Å². The largest absolute Gasteiger partial charge is 0.497 e. The van der Waals surface area contributed by atoms with Gasteiger partial charge in [-0.2, -0.15) is 33.7 Å². The highest BCUT2D eigenvalue weighted by molar-refractivity contribution is 7.99. The van der Waals surface area contributed by atoms with Crippen LogP contribution in [0.3, 0.4) is 0 Å². The minimum absolute atomic E-state index is 0.0304. The second-order valence-corrected chi connectivity index (χ2v) is 13.4. The van der Waals surface area contributed by atoms with E-state index in [1.165, 1.54) is 11.8 Å². The fraction of sp³-hybridized carbons (Fsp3) is 0.514. The predicted octanol–water partition coefficient (Wildman–Crippen LogP) is 9.59. The van der Waals surface area contributed by atoms with Crippen LogP contribution in [0.2, 0.25) is 0 Å². The first kappa shape index (κ1) is 38.6. The Balaban J connectivity index is 1.32. The minimum Gasteiger partial charge on any atom is -0.497 e. The summed E-state index contributed by atoms with van der Waals surface area (Å²) >= 11 is 1.40. The normalized spacial score (nSPS) is 19.2. The molecule has 0 spiro atoms. The second-order valence-electron chi connectivity index (χ2n) is 12.2. The van der Waals surface area contributed by atoms with Gasteiger partial charge >= 0.3 is 12.1 Å². The Labute approximate surface area is 289 Å². The number of aryl methyl sites for hydroxylation is 1. The van der Waals surface area contributed by atoms with E-state index < -0.39 is 30.2 Å². The number of halogens is 5. The zero-order chi connectivity index (χ0) is 35.5. The molecule has 4 rings (SSSR count). The molecule has 0 aromatic heterocycles. The minimum atomic E-state index is -5.48. The van der Waals surface area contributed by atoms with Crippen LogP contribution in [-0.2, 0) is 21.3 Å². The molecule has 0 bridgehead atoms. The van der Waals surface area contributed by atoms with Crippen molar-refractivity contribution in [2.45, 2.75) is 75.2 Å². The fourth-order valence-corrected chi connectivity index (χ4v) is 7.03. The van der Waals surface area contributed by atoms with Crippen LogP contribution in [0.1, 0.15) is 61.6 Å². The predicted molar refractivity (Wildman–Crippen MR) is 181 cm³/mol. The van der Waals surface area contributed by atoms with Gasteiger partial charge in [-0.1, -0.05) is 30.3 Å². The monoisotopic (exact) mass is 712 g/mol. The Morgan fingerprint density at radius 3 is 2.10 bits per heavy atom. The summed E-state index contributed by atoms with van der Waals surface area (Å²) in [6.07, 6.45) is -4.26. The van der Waals surface area contributed by atoms with E-state index in [1.807, 2.05) is 60.7 Å². The Kier molecular flexibility index (Phi) is 13.9. The molecule has 3 aromatic rings. The van der Waals surface area contributed by atoms with E-state index >= 15 is 0 Å². The third-order valence-electron chi connectivity index (χ3n) is 8.86. The molecule has 1 aliphatic heterocycles. The molecule has 3 unspecified atom stereocenters.